The molecule has 0 aliphatic heterocycles. The Morgan fingerprint density at radius 1 is 1.10 bits per heavy atom. The molecule has 0 spiro atoms. The maximum atomic E-state index is 12.5. The minimum atomic E-state index is -0.139. The Kier molecular flexibility index (Phi) is 1.48. The molecule has 2 bridgehead atoms. The van der Waals surface area contributed by atoms with Crippen molar-refractivity contribution in [3.05, 3.63) is 48.0 Å². The van der Waals surface area contributed by atoms with Crippen LogP contribution >= 0.6 is 0 Å². The monoisotopic (exact) mass is 276 g/mol. The van der Waals surface area contributed by atoms with E-state index in [0.29, 0.717) is 11.8 Å². The van der Waals surface area contributed by atoms with Gasteiger partial charge in [0.25, 0.3) is 0 Å². The molecule has 5 aliphatic rings. The van der Waals surface area contributed by atoms with Gasteiger partial charge in [-0.15, -0.1) is 0 Å². The maximum Gasteiger partial charge on any atom is 0.313 e. The van der Waals surface area contributed by atoms with Gasteiger partial charge in [0.2, 0.25) is 0 Å². The van der Waals surface area contributed by atoms with Crippen LogP contribution in [0.1, 0.15) is 12.0 Å². The van der Waals surface area contributed by atoms with Gasteiger partial charge in [-0.2, -0.15) is 0 Å². The van der Waals surface area contributed by atoms with E-state index < -0.39 is 0 Å². The molecule has 2 nitrogen and oxygen atoms in total. The average Bonchev–Trinajstić information content (AvgIpc) is 3.17. The summed E-state index contributed by atoms with van der Waals surface area (Å²) < 4.78 is 5.19. The lowest BCUT2D eigenvalue weighted by molar-refractivity contribution is -0.152. The Labute approximate surface area is 123 Å². The first kappa shape index (κ1) is 10.8. The van der Waals surface area contributed by atoms with Crippen molar-refractivity contribution in [2.45, 2.75) is 11.8 Å². The van der Waals surface area contributed by atoms with E-state index in [1.165, 1.54) is 22.8 Å². The van der Waals surface area contributed by atoms with E-state index in [9.17, 15) is 4.79 Å². The predicted octanol–water partition coefficient (Wildman–Crippen LogP) is 3.15. The highest BCUT2D eigenvalue weighted by Crippen LogP contribution is 3.04. The molecule has 2 aromatic rings. The van der Waals surface area contributed by atoms with Crippen LogP contribution < -0.4 is 0 Å². The molecule has 6 unspecified atom stereocenters. The Balaban J connectivity index is 1.56. The van der Waals surface area contributed by atoms with Crippen LogP contribution in [-0.2, 0) is 14.9 Å². The third-order valence-corrected chi connectivity index (χ3v) is 7.20. The minimum Gasteiger partial charge on any atom is -0.469 e. The van der Waals surface area contributed by atoms with Gasteiger partial charge >= 0.3 is 5.97 Å². The SMILES string of the molecule is COC(=O)C12C3CC4C(C31)C42c1ccc2ccccc2c1. The van der Waals surface area contributed by atoms with E-state index in [4.69, 9.17) is 4.74 Å². The zero-order valence-electron chi connectivity index (χ0n) is 11.9. The minimum absolute atomic E-state index is 0.0573. The largest absolute Gasteiger partial charge is 0.469 e. The molecule has 2 heteroatoms. The van der Waals surface area contributed by atoms with E-state index >= 15 is 0 Å². The number of fused-ring (bicyclic) bond motifs is 1. The van der Waals surface area contributed by atoms with E-state index in [1.54, 1.807) is 7.11 Å². The Hall–Kier alpha value is -1.83. The molecular formula is C19H16O2. The van der Waals surface area contributed by atoms with Crippen LogP contribution in [0.5, 0.6) is 0 Å². The van der Waals surface area contributed by atoms with Gasteiger partial charge in [-0.1, -0.05) is 42.5 Å². The van der Waals surface area contributed by atoms with Crippen molar-refractivity contribution in [2.24, 2.45) is 29.1 Å². The van der Waals surface area contributed by atoms with Crippen LogP contribution in [0.4, 0.5) is 0 Å². The number of methoxy groups -OCH3 is 1. The lowest BCUT2D eigenvalue weighted by Gasteiger charge is -2.35. The van der Waals surface area contributed by atoms with E-state index in [2.05, 4.69) is 42.5 Å². The van der Waals surface area contributed by atoms with Crippen molar-refractivity contribution in [1.29, 1.82) is 0 Å². The average molecular weight is 276 g/mol. The van der Waals surface area contributed by atoms with Gasteiger partial charge in [0.15, 0.2) is 0 Å². The molecule has 104 valence electrons. The van der Waals surface area contributed by atoms with Crippen molar-refractivity contribution in [1.82, 2.24) is 0 Å². The molecule has 5 saturated carbocycles. The Bertz CT molecular complexity index is 828. The number of benzene rings is 2. The third-order valence-electron chi connectivity index (χ3n) is 7.20. The molecule has 7 rings (SSSR count). The molecule has 0 radical (unpaired) electrons. The summed E-state index contributed by atoms with van der Waals surface area (Å²) in [6, 6.07) is 15.3. The van der Waals surface area contributed by atoms with Gasteiger partial charge in [0.05, 0.1) is 12.5 Å². The summed E-state index contributed by atoms with van der Waals surface area (Å²) in [6.45, 7) is 0. The number of hydrogen-bond donors (Lipinski definition) is 0. The van der Waals surface area contributed by atoms with Crippen molar-refractivity contribution in [2.75, 3.05) is 7.11 Å². The van der Waals surface area contributed by atoms with Gasteiger partial charge in [0.1, 0.15) is 0 Å². The first-order valence-electron chi connectivity index (χ1n) is 7.85. The fraction of sp³-hybridized carbons (Fsp3) is 0.421. The summed E-state index contributed by atoms with van der Waals surface area (Å²) in [5.74, 6) is 2.82. The first-order chi connectivity index (χ1) is 10.3. The summed E-state index contributed by atoms with van der Waals surface area (Å²) in [4.78, 5) is 12.5. The van der Waals surface area contributed by atoms with Gasteiger partial charge < -0.3 is 4.74 Å². The number of rotatable bonds is 2. The summed E-state index contributed by atoms with van der Waals surface area (Å²) >= 11 is 0. The van der Waals surface area contributed by atoms with Crippen molar-refractivity contribution in [3.8, 4) is 0 Å². The molecular weight excluding hydrogens is 260 g/mol. The molecule has 5 fully saturated rings. The zero-order chi connectivity index (χ0) is 14.0. The lowest BCUT2D eigenvalue weighted by Crippen LogP contribution is -2.42. The molecule has 2 aromatic carbocycles. The third kappa shape index (κ3) is 0.798. The quantitative estimate of drug-likeness (QED) is 0.788. The van der Waals surface area contributed by atoms with Gasteiger partial charge in [-0.25, -0.2) is 0 Å². The van der Waals surface area contributed by atoms with Crippen LogP contribution in [-0.4, -0.2) is 13.1 Å². The van der Waals surface area contributed by atoms with Gasteiger partial charge in [0, 0.05) is 5.41 Å². The van der Waals surface area contributed by atoms with Crippen LogP contribution in [0.25, 0.3) is 10.8 Å². The Morgan fingerprint density at radius 2 is 1.90 bits per heavy atom. The Morgan fingerprint density at radius 3 is 2.62 bits per heavy atom. The van der Waals surface area contributed by atoms with Crippen LogP contribution in [0.3, 0.4) is 0 Å². The number of esters is 1. The van der Waals surface area contributed by atoms with E-state index in [1.807, 2.05) is 0 Å². The van der Waals surface area contributed by atoms with Crippen molar-refractivity contribution < 1.29 is 9.53 Å². The molecule has 5 aliphatic carbocycles. The highest BCUT2D eigenvalue weighted by molar-refractivity contribution is 5.93. The van der Waals surface area contributed by atoms with Crippen molar-refractivity contribution >= 4 is 16.7 Å². The summed E-state index contributed by atoms with van der Waals surface area (Å²) in [7, 11) is 1.55. The van der Waals surface area contributed by atoms with Gasteiger partial charge in [-0.05, 0) is 46.4 Å². The molecule has 6 atom stereocenters. The van der Waals surface area contributed by atoms with Gasteiger partial charge in [-0.3, -0.25) is 4.79 Å². The second-order valence-corrected chi connectivity index (χ2v) is 7.29. The first-order valence-corrected chi connectivity index (χ1v) is 7.85. The molecule has 0 N–H and O–H groups in total. The zero-order valence-corrected chi connectivity index (χ0v) is 11.9. The smallest absolute Gasteiger partial charge is 0.313 e. The van der Waals surface area contributed by atoms with Crippen LogP contribution in [0.15, 0.2) is 42.5 Å². The highest BCUT2D eigenvalue weighted by Gasteiger charge is 3.07. The summed E-state index contributed by atoms with van der Waals surface area (Å²) in [5, 5.41) is 2.57. The maximum absolute atomic E-state index is 12.5. The molecule has 0 amide bonds. The number of carbonyl (C=O) groups excluding carboxylic acids is 1. The van der Waals surface area contributed by atoms with Crippen LogP contribution in [0, 0.1) is 29.1 Å². The second kappa shape index (κ2) is 2.87. The molecule has 0 saturated heterocycles. The number of ether oxygens (including phenoxy) is 1. The molecule has 21 heavy (non-hydrogen) atoms. The topological polar surface area (TPSA) is 26.3 Å². The fourth-order valence-electron chi connectivity index (χ4n) is 6.77. The standard InChI is InChI=1S/C19H16O2/c1-21-17(20)19-14-9-13-15(16(14)19)18(13,19)12-7-6-10-4-2-3-5-11(10)8-12/h2-8,13-16H,9H2,1H3. The fourth-order valence-corrected chi connectivity index (χ4v) is 6.77. The van der Waals surface area contributed by atoms with E-state index in [0.717, 1.165) is 11.8 Å². The molecule has 0 heterocycles. The van der Waals surface area contributed by atoms with Crippen LogP contribution in [0.2, 0.25) is 0 Å². The second-order valence-electron chi connectivity index (χ2n) is 7.29. The predicted molar refractivity (Wildman–Crippen MR) is 78.7 cm³/mol. The number of hydrogen-bond acceptors (Lipinski definition) is 2. The normalized spacial score (nSPS) is 46.7. The number of carbonyl (C=O) groups is 1. The van der Waals surface area contributed by atoms with Crippen molar-refractivity contribution in [3.63, 3.8) is 0 Å². The summed E-state index contributed by atoms with van der Waals surface area (Å²) in [5.41, 5.74) is 1.39. The summed E-state index contributed by atoms with van der Waals surface area (Å²) in [6.07, 6.45) is 1.25. The lowest BCUT2D eigenvalue weighted by atomic mass is 9.68. The highest BCUT2D eigenvalue weighted by atomic mass is 16.5. The van der Waals surface area contributed by atoms with E-state index in [-0.39, 0.29) is 16.8 Å². The molecule has 0 aromatic heterocycles.